The predicted octanol–water partition coefficient (Wildman–Crippen LogP) is 4.64. The highest BCUT2D eigenvalue weighted by atomic mass is 35.5. The summed E-state index contributed by atoms with van der Waals surface area (Å²) >= 11 is 6.00. The molecule has 7 heteroatoms. The molecule has 2 aromatic carbocycles. The van der Waals surface area contributed by atoms with Crippen molar-refractivity contribution in [3.05, 3.63) is 69.7 Å². The number of sulfonamides is 1. The summed E-state index contributed by atoms with van der Waals surface area (Å²) < 4.78 is 27.4. The van der Waals surface area contributed by atoms with Crippen LogP contribution in [0.1, 0.15) is 60.9 Å². The molecule has 1 fully saturated rings. The smallest absolute Gasteiger partial charge is 0.224 e. The molecule has 1 heterocycles. The van der Waals surface area contributed by atoms with Gasteiger partial charge in [0.25, 0.3) is 0 Å². The number of nitrogens with one attached hydrogen (secondary N) is 1. The molecule has 2 atom stereocenters. The highest BCUT2D eigenvalue weighted by Gasteiger charge is 2.33. The van der Waals surface area contributed by atoms with Crippen LogP contribution in [0, 0.1) is 5.92 Å². The number of amides is 1. The van der Waals surface area contributed by atoms with Gasteiger partial charge in [0.15, 0.2) is 0 Å². The first-order valence-corrected chi connectivity index (χ1v) is 13.4. The summed E-state index contributed by atoms with van der Waals surface area (Å²) in [5, 5.41) is 3.64. The molecule has 4 rings (SSSR count). The van der Waals surface area contributed by atoms with Crippen LogP contribution >= 0.6 is 11.6 Å². The number of hydrogen-bond donors (Lipinski definition) is 1. The Hall–Kier alpha value is -1.89. The Morgan fingerprint density at radius 3 is 2.69 bits per heavy atom. The first kappa shape index (κ1) is 23.3. The largest absolute Gasteiger partial charge is 0.349 e. The molecule has 0 aromatic heterocycles. The lowest BCUT2D eigenvalue weighted by Gasteiger charge is -2.32. The van der Waals surface area contributed by atoms with E-state index in [2.05, 4.69) is 23.5 Å². The molecule has 0 unspecified atom stereocenters. The van der Waals surface area contributed by atoms with Crippen molar-refractivity contribution in [3.8, 4) is 0 Å². The van der Waals surface area contributed by atoms with Gasteiger partial charge in [-0.25, -0.2) is 12.7 Å². The van der Waals surface area contributed by atoms with E-state index in [0.717, 1.165) is 18.4 Å². The molecule has 0 radical (unpaired) electrons. The zero-order valence-corrected chi connectivity index (χ0v) is 20.1. The van der Waals surface area contributed by atoms with E-state index >= 15 is 0 Å². The number of fused-ring (bicyclic) bond motifs is 1. The van der Waals surface area contributed by atoms with Crippen LogP contribution in [0.15, 0.2) is 42.5 Å². The summed E-state index contributed by atoms with van der Waals surface area (Å²) in [5.41, 5.74) is 4.59. The molecule has 0 spiro atoms. The Balaban J connectivity index is 1.38. The first-order chi connectivity index (χ1) is 15.3. The number of aryl methyl sites for hydroxylation is 2. The van der Waals surface area contributed by atoms with E-state index in [1.54, 1.807) is 24.3 Å². The van der Waals surface area contributed by atoms with E-state index in [-0.39, 0.29) is 30.2 Å². The summed E-state index contributed by atoms with van der Waals surface area (Å²) in [5.74, 6) is -0.510. The van der Waals surface area contributed by atoms with Crippen molar-refractivity contribution >= 4 is 27.5 Å². The molecule has 1 aliphatic heterocycles. The van der Waals surface area contributed by atoms with Gasteiger partial charge >= 0.3 is 0 Å². The van der Waals surface area contributed by atoms with Crippen LogP contribution in [0.2, 0.25) is 5.02 Å². The molecule has 1 saturated heterocycles. The second-order valence-corrected chi connectivity index (χ2v) is 11.5. The van der Waals surface area contributed by atoms with Crippen molar-refractivity contribution in [2.24, 2.45) is 5.92 Å². The number of nitrogens with zero attached hydrogens (tertiary/aromatic N) is 1. The third-order valence-electron chi connectivity index (χ3n) is 6.62. The zero-order valence-electron chi connectivity index (χ0n) is 18.5. The molecule has 0 bridgehead atoms. The summed E-state index contributed by atoms with van der Waals surface area (Å²) in [6.07, 6.45) is 6.09. The number of carbonyl (C=O) groups is 1. The molecule has 2 aliphatic rings. The van der Waals surface area contributed by atoms with Crippen molar-refractivity contribution in [1.82, 2.24) is 9.62 Å². The number of benzene rings is 2. The molecular formula is C25H31ClN2O3S. The van der Waals surface area contributed by atoms with Crippen molar-refractivity contribution in [3.63, 3.8) is 0 Å². The van der Waals surface area contributed by atoms with Gasteiger partial charge in [0.2, 0.25) is 15.9 Å². The topological polar surface area (TPSA) is 66.5 Å². The summed E-state index contributed by atoms with van der Waals surface area (Å²) in [4.78, 5) is 13.0. The average Bonchev–Trinajstić information content (AvgIpc) is 2.78. The molecule has 32 heavy (non-hydrogen) atoms. The Morgan fingerprint density at radius 2 is 1.91 bits per heavy atom. The van der Waals surface area contributed by atoms with Crippen LogP contribution in [0.25, 0.3) is 0 Å². The van der Waals surface area contributed by atoms with Gasteiger partial charge < -0.3 is 5.32 Å². The zero-order chi connectivity index (χ0) is 22.7. The lowest BCUT2D eigenvalue weighted by Crippen LogP contribution is -2.46. The summed E-state index contributed by atoms with van der Waals surface area (Å²) in [7, 11) is -3.52. The second kappa shape index (κ2) is 9.94. The van der Waals surface area contributed by atoms with Gasteiger partial charge in [-0.15, -0.1) is 0 Å². The normalized spacial score (nSPS) is 20.4. The maximum Gasteiger partial charge on any atom is 0.224 e. The minimum Gasteiger partial charge on any atom is -0.349 e. The summed E-state index contributed by atoms with van der Waals surface area (Å²) in [6, 6.07) is 13.3. The molecule has 2 aromatic rings. The number of piperidine rings is 1. The van der Waals surface area contributed by atoms with E-state index in [1.807, 2.05) is 6.92 Å². The number of carbonyl (C=O) groups excluding carboxylic acids is 1. The maximum atomic E-state index is 13.0. The summed E-state index contributed by atoms with van der Waals surface area (Å²) in [6.45, 7) is 2.68. The van der Waals surface area contributed by atoms with Gasteiger partial charge in [-0.05, 0) is 79.8 Å². The van der Waals surface area contributed by atoms with Crippen LogP contribution in [0.3, 0.4) is 0 Å². The lowest BCUT2D eigenvalue weighted by molar-refractivity contribution is -0.126. The number of rotatable bonds is 6. The van der Waals surface area contributed by atoms with Crippen LogP contribution in [-0.2, 0) is 33.4 Å². The quantitative estimate of drug-likeness (QED) is 0.663. The van der Waals surface area contributed by atoms with Gasteiger partial charge in [-0.1, -0.05) is 41.9 Å². The highest BCUT2D eigenvalue weighted by molar-refractivity contribution is 7.88. The minimum atomic E-state index is -3.52. The number of halogens is 1. The van der Waals surface area contributed by atoms with Crippen LogP contribution in [-0.4, -0.2) is 31.7 Å². The maximum absolute atomic E-state index is 13.0. The van der Waals surface area contributed by atoms with Crippen molar-refractivity contribution in [1.29, 1.82) is 0 Å². The van der Waals surface area contributed by atoms with Gasteiger partial charge in [0, 0.05) is 18.1 Å². The molecule has 5 nitrogen and oxygen atoms in total. The SMILES string of the molecule is C[C@@H](NC(=O)[C@H]1CCCN(S(=O)(=O)Cc2cccc(Cl)c2)C1)c1ccc2c(c1)CCCC2. The van der Waals surface area contributed by atoms with Crippen LogP contribution in [0.5, 0.6) is 0 Å². The number of hydrogen-bond acceptors (Lipinski definition) is 3. The fourth-order valence-corrected chi connectivity index (χ4v) is 6.59. The molecule has 0 saturated carbocycles. The van der Waals surface area contributed by atoms with Crippen LogP contribution < -0.4 is 5.32 Å². The monoisotopic (exact) mass is 474 g/mol. The molecular weight excluding hydrogens is 444 g/mol. The second-order valence-electron chi connectivity index (χ2n) is 9.05. The lowest BCUT2D eigenvalue weighted by atomic mass is 9.89. The van der Waals surface area contributed by atoms with E-state index in [0.29, 0.717) is 30.0 Å². The Morgan fingerprint density at radius 1 is 1.12 bits per heavy atom. The minimum absolute atomic E-state index is 0.0714. The van der Waals surface area contributed by atoms with Crippen molar-refractivity contribution < 1.29 is 13.2 Å². The average molecular weight is 475 g/mol. The standard InChI is InChI=1S/C25H31ClN2O3S/c1-18(21-12-11-20-7-2-3-8-22(20)15-21)27-25(29)23-9-5-13-28(16-23)32(30,31)17-19-6-4-10-24(26)14-19/h4,6,10-12,14-15,18,23H,2-3,5,7-9,13,16-17H2,1H3,(H,27,29)/t18-,23+/m1/s1. The Labute approximate surface area is 196 Å². The third-order valence-corrected chi connectivity index (χ3v) is 8.67. The van der Waals surface area contributed by atoms with Gasteiger partial charge in [0.1, 0.15) is 0 Å². The third kappa shape index (κ3) is 5.53. The first-order valence-electron chi connectivity index (χ1n) is 11.5. The Kier molecular flexibility index (Phi) is 7.23. The van der Waals surface area contributed by atoms with Gasteiger partial charge in [-0.2, -0.15) is 0 Å². The van der Waals surface area contributed by atoms with E-state index in [9.17, 15) is 13.2 Å². The predicted molar refractivity (Wildman–Crippen MR) is 128 cm³/mol. The fraction of sp³-hybridized carbons (Fsp3) is 0.480. The van der Waals surface area contributed by atoms with Crippen molar-refractivity contribution in [2.75, 3.05) is 13.1 Å². The molecule has 1 amide bonds. The van der Waals surface area contributed by atoms with Gasteiger partial charge in [-0.3, -0.25) is 4.79 Å². The Bertz CT molecular complexity index is 1090. The highest BCUT2D eigenvalue weighted by Crippen LogP contribution is 2.26. The van der Waals surface area contributed by atoms with E-state index < -0.39 is 10.0 Å². The molecule has 1 N–H and O–H groups in total. The van der Waals surface area contributed by atoms with Crippen LogP contribution in [0.4, 0.5) is 0 Å². The van der Waals surface area contributed by atoms with E-state index in [4.69, 9.17) is 11.6 Å². The van der Waals surface area contributed by atoms with Gasteiger partial charge in [0.05, 0.1) is 17.7 Å². The van der Waals surface area contributed by atoms with E-state index in [1.165, 1.54) is 28.3 Å². The fourth-order valence-electron chi connectivity index (χ4n) is 4.78. The molecule has 1 aliphatic carbocycles. The van der Waals surface area contributed by atoms with Crippen molar-refractivity contribution in [2.45, 2.75) is 57.2 Å². The molecule has 172 valence electrons.